The molecule has 18 heavy (non-hydrogen) atoms. The third-order valence-electron chi connectivity index (χ3n) is 3.56. The summed E-state index contributed by atoms with van der Waals surface area (Å²) < 4.78 is 0. The average molecular weight is 248 g/mol. The van der Waals surface area contributed by atoms with Gasteiger partial charge in [0.1, 0.15) is 0 Å². The SMILES string of the molecule is CC(N(C)C(=O)Cc1ccc(N)cc1)C(C)(C)C. The summed E-state index contributed by atoms with van der Waals surface area (Å²) in [6.07, 6.45) is 0.428. The van der Waals surface area contributed by atoms with E-state index in [1.54, 1.807) is 0 Å². The predicted octanol–water partition coefficient (Wildman–Crippen LogP) is 2.70. The molecule has 0 aliphatic rings. The Balaban J connectivity index is 2.68. The van der Waals surface area contributed by atoms with Gasteiger partial charge in [-0.05, 0) is 30.0 Å². The largest absolute Gasteiger partial charge is 0.399 e. The van der Waals surface area contributed by atoms with Gasteiger partial charge >= 0.3 is 0 Å². The first-order valence-corrected chi connectivity index (χ1v) is 6.32. The Labute approximate surface area is 110 Å². The summed E-state index contributed by atoms with van der Waals surface area (Å²) in [6.45, 7) is 8.51. The summed E-state index contributed by atoms with van der Waals surface area (Å²) in [5.41, 5.74) is 7.44. The maximum absolute atomic E-state index is 12.2. The lowest BCUT2D eigenvalue weighted by molar-refractivity contribution is -0.132. The molecule has 0 aromatic heterocycles. The maximum Gasteiger partial charge on any atom is 0.226 e. The van der Waals surface area contributed by atoms with Crippen molar-refractivity contribution in [3.8, 4) is 0 Å². The minimum atomic E-state index is 0.0888. The number of likely N-dealkylation sites (N-methyl/N-ethyl adjacent to an activating group) is 1. The fraction of sp³-hybridized carbons (Fsp3) is 0.533. The van der Waals surface area contributed by atoms with Crippen molar-refractivity contribution in [1.82, 2.24) is 4.90 Å². The van der Waals surface area contributed by atoms with Gasteiger partial charge in [0.2, 0.25) is 5.91 Å². The van der Waals surface area contributed by atoms with Crippen LogP contribution in [0.2, 0.25) is 0 Å². The van der Waals surface area contributed by atoms with E-state index < -0.39 is 0 Å². The van der Waals surface area contributed by atoms with Crippen LogP contribution in [0.4, 0.5) is 5.69 Å². The smallest absolute Gasteiger partial charge is 0.226 e. The minimum absolute atomic E-state index is 0.0888. The van der Waals surface area contributed by atoms with E-state index in [9.17, 15) is 4.79 Å². The normalized spacial score (nSPS) is 13.2. The predicted molar refractivity (Wildman–Crippen MR) is 76.2 cm³/mol. The van der Waals surface area contributed by atoms with Crippen molar-refractivity contribution in [1.29, 1.82) is 0 Å². The van der Waals surface area contributed by atoms with Gasteiger partial charge in [-0.15, -0.1) is 0 Å². The zero-order valence-corrected chi connectivity index (χ0v) is 12.0. The molecule has 1 amide bonds. The van der Waals surface area contributed by atoms with E-state index in [1.165, 1.54) is 0 Å². The van der Waals surface area contributed by atoms with Gasteiger partial charge in [-0.25, -0.2) is 0 Å². The Hall–Kier alpha value is -1.51. The van der Waals surface area contributed by atoms with Crippen LogP contribution in [0, 0.1) is 5.41 Å². The summed E-state index contributed by atoms with van der Waals surface area (Å²) in [5, 5.41) is 0. The number of benzene rings is 1. The maximum atomic E-state index is 12.2. The summed E-state index contributed by atoms with van der Waals surface area (Å²) >= 11 is 0. The van der Waals surface area contributed by atoms with Crippen molar-refractivity contribution >= 4 is 11.6 Å². The lowest BCUT2D eigenvalue weighted by Gasteiger charge is -2.35. The van der Waals surface area contributed by atoms with Crippen LogP contribution in [0.3, 0.4) is 0 Å². The molecule has 0 saturated heterocycles. The zero-order chi connectivity index (χ0) is 13.9. The number of nitrogen functional groups attached to an aromatic ring is 1. The summed E-state index contributed by atoms with van der Waals surface area (Å²) in [4.78, 5) is 14.0. The highest BCUT2D eigenvalue weighted by Crippen LogP contribution is 2.23. The lowest BCUT2D eigenvalue weighted by Crippen LogP contribution is -2.43. The number of rotatable bonds is 3. The third-order valence-corrected chi connectivity index (χ3v) is 3.56. The number of carbonyl (C=O) groups excluding carboxylic acids is 1. The monoisotopic (exact) mass is 248 g/mol. The van der Waals surface area contributed by atoms with Gasteiger partial charge in [-0.1, -0.05) is 32.9 Å². The molecule has 2 N–H and O–H groups in total. The molecule has 0 saturated carbocycles. The highest BCUT2D eigenvalue weighted by atomic mass is 16.2. The second kappa shape index (κ2) is 5.42. The van der Waals surface area contributed by atoms with Crippen LogP contribution in [-0.2, 0) is 11.2 Å². The van der Waals surface area contributed by atoms with E-state index in [-0.39, 0.29) is 17.4 Å². The quantitative estimate of drug-likeness (QED) is 0.836. The lowest BCUT2D eigenvalue weighted by atomic mass is 9.87. The summed E-state index contributed by atoms with van der Waals surface area (Å²) in [6, 6.07) is 7.68. The van der Waals surface area contributed by atoms with Gasteiger partial charge in [-0.3, -0.25) is 4.79 Å². The van der Waals surface area contributed by atoms with Crippen LogP contribution in [0.15, 0.2) is 24.3 Å². The molecule has 0 aliphatic heterocycles. The van der Waals surface area contributed by atoms with Crippen molar-refractivity contribution < 1.29 is 4.79 Å². The van der Waals surface area contributed by atoms with E-state index >= 15 is 0 Å². The molecule has 0 heterocycles. The third kappa shape index (κ3) is 3.76. The molecule has 3 heteroatoms. The molecule has 100 valence electrons. The number of nitrogens with zero attached hydrogens (tertiary/aromatic N) is 1. The average Bonchev–Trinajstić information content (AvgIpc) is 2.29. The van der Waals surface area contributed by atoms with Gasteiger partial charge in [0.05, 0.1) is 6.42 Å². The van der Waals surface area contributed by atoms with Crippen LogP contribution in [0.1, 0.15) is 33.3 Å². The first-order chi connectivity index (χ1) is 8.21. The Morgan fingerprint density at radius 1 is 1.28 bits per heavy atom. The Morgan fingerprint density at radius 3 is 2.22 bits per heavy atom. The fourth-order valence-corrected chi connectivity index (χ4v) is 1.73. The highest BCUT2D eigenvalue weighted by Gasteiger charge is 2.26. The van der Waals surface area contributed by atoms with Gasteiger partial charge < -0.3 is 10.6 Å². The van der Waals surface area contributed by atoms with Gasteiger partial charge in [0.25, 0.3) is 0 Å². The van der Waals surface area contributed by atoms with Crippen molar-refractivity contribution in [3.05, 3.63) is 29.8 Å². The van der Waals surface area contributed by atoms with Crippen LogP contribution >= 0.6 is 0 Å². The van der Waals surface area contributed by atoms with Crippen molar-refractivity contribution in [2.24, 2.45) is 5.41 Å². The molecule has 1 aromatic carbocycles. The Morgan fingerprint density at radius 2 is 1.78 bits per heavy atom. The standard InChI is InChI=1S/C15H24N2O/c1-11(15(2,3)4)17(5)14(18)10-12-6-8-13(16)9-7-12/h6-9,11H,10,16H2,1-5H3. The number of nitrogens with two attached hydrogens (primary N) is 1. The number of anilines is 1. The highest BCUT2D eigenvalue weighted by molar-refractivity contribution is 5.79. The number of hydrogen-bond acceptors (Lipinski definition) is 2. The van der Waals surface area contributed by atoms with Gasteiger partial charge in [0, 0.05) is 18.8 Å². The van der Waals surface area contributed by atoms with Crippen LogP contribution in [-0.4, -0.2) is 23.9 Å². The van der Waals surface area contributed by atoms with Gasteiger partial charge in [0.15, 0.2) is 0 Å². The van der Waals surface area contributed by atoms with Crippen LogP contribution < -0.4 is 5.73 Å². The van der Waals surface area contributed by atoms with Crippen LogP contribution in [0.25, 0.3) is 0 Å². The van der Waals surface area contributed by atoms with Crippen molar-refractivity contribution in [3.63, 3.8) is 0 Å². The first kappa shape index (κ1) is 14.6. The number of amides is 1. The number of hydrogen-bond donors (Lipinski definition) is 1. The van der Waals surface area contributed by atoms with Crippen molar-refractivity contribution in [2.75, 3.05) is 12.8 Å². The molecule has 0 spiro atoms. The zero-order valence-electron chi connectivity index (χ0n) is 12.0. The molecule has 0 bridgehead atoms. The summed E-state index contributed by atoms with van der Waals surface area (Å²) in [5.74, 6) is 0.141. The van der Waals surface area contributed by atoms with E-state index in [2.05, 4.69) is 27.7 Å². The molecule has 1 atom stereocenters. The fourth-order valence-electron chi connectivity index (χ4n) is 1.73. The van der Waals surface area contributed by atoms with Crippen molar-refractivity contribution in [2.45, 2.75) is 40.2 Å². The minimum Gasteiger partial charge on any atom is -0.399 e. The molecule has 0 aliphatic carbocycles. The number of carbonyl (C=O) groups is 1. The Bertz CT molecular complexity index is 403. The second-order valence-corrected chi connectivity index (χ2v) is 5.97. The second-order valence-electron chi connectivity index (χ2n) is 5.97. The van der Waals surface area contributed by atoms with Crippen LogP contribution in [0.5, 0.6) is 0 Å². The molecule has 0 fully saturated rings. The van der Waals surface area contributed by atoms with E-state index in [1.807, 2.05) is 36.2 Å². The topological polar surface area (TPSA) is 46.3 Å². The molecule has 1 rings (SSSR count). The molecule has 1 unspecified atom stereocenters. The molecule has 3 nitrogen and oxygen atoms in total. The van der Waals surface area contributed by atoms with Gasteiger partial charge in [-0.2, -0.15) is 0 Å². The van der Waals surface area contributed by atoms with E-state index in [0.717, 1.165) is 11.3 Å². The molecular formula is C15H24N2O. The van der Waals surface area contributed by atoms with E-state index in [4.69, 9.17) is 5.73 Å². The first-order valence-electron chi connectivity index (χ1n) is 6.32. The summed E-state index contributed by atoms with van der Waals surface area (Å²) in [7, 11) is 1.87. The molecule has 1 aromatic rings. The molecule has 0 radical (unpaired) electrons. The molecular weight excluding hydrogens is 224 g/mol. The van der Waals surface area contributed by atoms with E-state index in [0.29, 0.717) is 6.42 Å². The Kier molecular flexibility index (Phi) is 4.38.